The maximum Gasteiger partial charge on any atom is 0.222 e. The Bertz CT molecular complexity index is 203. The summed E-state index contributed by atoms with van der Waals surface area (Å²) in [5.74, 6) is -0.548. The van der Waals surface area contributed by atoms with Gasteiger partial charge in [0, 0.05) is 13.0 Å². The molecule has 0 unspecified atom stereocenters. The molecule has 0 aromatic heterocycles. The number of nitrogens with one attached hydrogen (secondary N) is 1. The molecule has 1 rings (SSSR count). The highest BCUT2D eigenvalue weighted by atomic mass is 16.2. The zero-order chi connectivity index (χ0) is 9.14. The van der Waals surface area contributed by atoms with Crippen LogP contribution in [0.25, 0.3) is 0 Å². The van der Waals surface area contributed by atoms with Crippen LogP contribution in [0.15, 0.2) is 0 Å². The Labute approximate surface area is 71.5 Å². The van der Waals surface area contributed by atoms with Crippen molar-refractivity contribution in [2.75, 3.05) is 0 Å². The molecule has 0 saturated heterocycles. The van der Waals surface area contributed by atoms with E-state index in [1.807, 2.05) is 0 Å². The highest BCUT2D eigenvalue weighted by molar-refractivity contribution is 5.79. The van der Waals surface area contributed by atoms with E-state index < -0.39 is 0 Å². The van der Waals surface area contributed by atoms with Gasteiger partial charge in [-0.2, -0.15) is 0 Å². The van der Waals surface area contributed by atoms with E-state index in [1.165, 1.54) is 6.92 Å². The average Bonchev–Trinajstić information content (AvgIpc) is 2.33. The molecule has 3 N–H and O–H groups in total. The van der Waals surface area contributed by atoms with E-state index in [-0.39, 0.29) is 23.8 Å². The summed E-state index contributed by atoms with van der Waals surface area (Å²) in [6.45, 7) is 1.45. The van der Waals surface area contributed by atoms with Gasteiger partial charge in [0.1, 0.15) is 0 Å². The van der Waals surface area contributed by atoms with Crippen LogP contribution in [0.1, 0.15) is 26.2 Å². The molecule has 1 aliphatic carbocycles. The highest BCUT2D eigenvalue weighted by Crippen LogP contribution is 2.24. The topological polar surface area (TPSA) is 72.2 Å². The van der Waals surface area contributed by atoms with Gasteiger partial charge < -0.3 is 11.1 Å². The normalized spacial score (nSPS) is 28.4. The molecular formula is C8H14N2O2. The molecular weight excluding hydrogens is 156 g/mol. The van der Waals surface area contributed by atoms with Crippen molar-refractivity contribution in [2.24, 2.45) is 11.7 Å². The number of carbonyl (C=O) groups is 2. The summed E-state index contributed by atoms with van der Waals surface area (Å²) >= 11 is 0. The minimum Gasteiger partial charge on any atom is -0.369 e. The lowest BCUT2D eigenvalue weighted by atomic mass is 10.0. The van der Waals surface area contributed by atoms with Crippen molar-refractivity contribution < 1.29 is 9.59 Å². The molecule has 0 heterocycles. The van der Waals surface area contributed by atoms with Gasteiger partial charge in [-0.3, -0.25) is 9.59 Å². The molecule has 1 aliphatic rings. The van der Waals surface area contributed by atoms with Crippen molar-refractivity contribution in [1.29, 1.82) is 0 Å². The van der Waals surface area contributed by atoms with Gasteiger partial charge in [0.15, 0.2) is 0 Å². The Hall–Kier alpha value is -1.06. The van der Waals surface area contributed by atoms with Gasteiger partial charge >= 0.3 is 0 Å². The summed E-state index contributed by atoms with van der Waals surface area (Å²) in [4.78, 5) is 21.6. The molecule has 0 aromatic rings. The Morgan fingerprint density at radius 2 is 2.08 bits per heavy atom. The van der Waals surface area contributed by atoms with Crippen molar-refractivity contribution in [3.63, 3.8) is 0 Å². The van der Waals surface area contributed by atoms with Gasteiger partial charge in [-0.1, -0.05) is 6.42 Å². The first-order valence-electron chi connectivity index (χ1n) is 4.17. The molecule has 2 atom stereocenters. The second-order valence-corrected chi connectivity index (χ2v) is 3.25. The second-order valence-electron chi connectivity index (χ2n) is 3.25. The van der Waals surface area contributed by atoms with Crippen LogP contribution in [0, 0.1) is 5.92 Å². The predicted molar refractivity (Wildman–Crippen MR) is 44.1 cm³/mol. The zero-order valence-electron chi connectivity index (χ0n) is 7.17. The van der Waals surface area contributed by atoms with Crippen LogP contribution in [0.4, 0.5) is 0 Å². The third kappa shape index (κ3) is 1.96. The SMILES string of the molecule is CC(=O)N[C@@H]1CCC[C@H]1C(N)=O. The molecule has 4 heteroatoms. The molecule has 0 bridgehead atoms. The molecule has 1 saturated carbocycles. The Balaban J connectivity index is 2.52. The van der Waals surface area contributed by atoms with Crippen molar-refractivity contribution >= 4 is 11.8 Å². The molecule has 0 aromatic carbocycles. The fourth-order valence-corrected chi connectivity index (χ4v) is 1.73. The Kier molecular flexibility index (Phi) is 2.68. The summed E-state index contributed by atoms with van der Waals surface area (Å²) in [6.07, 6.45) is 2.64. The minimum absolute atomic E-state index is 0.0278. The maximum absolute atomic E-state index is 10.9. The molecule has 0 spiro atoms. The lowest BCUT2D eigenvalue weighted by Gasteiger charge is -2.16. The molecule has 0 radical (unpaired) electrons. The molecule has 0 aliphatic heterocycles. The molecule has 1 fully saturated rings. The van der Waals surface area contributed by atoms with Crippen LogP contribution in [-0.4, -0.2) is 17.9 Å². The van der Waals surface area contributed by atoms with Crippen LogP contribution in [0.2, 0.25) is 0 Å². The van der Waals surface area contributed by atoms with Crippen LogP contribution in [0.3, 0.4) is 0 Å². The monoisotopic (exact) mass is 170 g/mol. The fraction of sp³-hybridized carbons (Fsp3) is 0.750. The number of primary amides is 1. The van der Waals surface area contributed by atoms with Gasteiger partial charge in [-0.05, 0) is 12.8 Å². The molecule has 68 valence electrons. The van der Waals surface area contributed by atoms with E-state index in [0.717, 1.165) is 19.3 Å². The van der Waals surface area contributed by atoms with Gasteiger partial charge in [0.2, 0.25) is 11.8 Å². The first kappa shape index (κ1) is 9.03. The highest BCUT2D eigenvalue weighted by Gasteiger charge is 2.31. The van der Waals surface area contributed by atoms with Crippen LogP contribution in [0.5, 0.6) is 0 Å². The van der Waals surface area contributed by atoms with Crippen molar-refractivity contribution in [1.82, 2.24) is 5.32 Å². The summed E-state index contributed by atoms with van der Waals surface area (Å²) in [5.41, 5.74) is 5.17. The number of rotatable bonds is 2. The third-order valence-electron chi connectivity index (χ3n) is 2.27. The summed E-state index contributed by atoms with van der Waals surface area (Å²) in [7, 11) is 0. The van der Waals surface area contributed by atoms with Crippen LogP contribution in [-0.2, 0) is 9.59 Å². The lowest BCUT2D eigenvalue weighted by Crippen LogP contribution is -2.41. The fourth-order valence-electron chi connectivity index (χ4n) is 1.73. The van der Waals surface area contributed by atoms with Crippen molar-refractivity contribution in [3.8, 4) is 0 Å². The number of carbonyl (C=O) groups excluding carboxylic acids is 2. The zero-order valence-corrected chi connectivity index (χ0v) is 7.17. The van der Waals surface area contributed by atoms with Crippen LogP contribution >= 0.6 is 0 Å². The van der Waals surface area contributed by atoms with E-state index in [2.05, 4.69) is 5.32 Å². The Morgan fingerprint density at radius 3 is 2.58 bits per heavy atom. The molecule has 4 nitrogen and oxygen atoms in total. The predicted octanol–water partition coefficient (Wildman–Crippen LogP) is -0.223. The Morgan fingerprint density at radius 1 is 1.42 bits per heavy atom. The standard InChI is InChI=1S/C8H14N2O2/c1-5(11)10-7-4-2-3-6(7)8(9)12/h6-7H,2-4H2,1H3,(H2,9,12)(H,10,11)/t6-,7-/m1/s1. The van der Waals surface area contributed by atoms with Crippen molar-refractivity contribution in [2.45, 2.75) is 32.2 Å². The quantitative estimate of drug-likeness (QED) is 0.601. The van der Waals surface area contributed by atoms with E-state index in [9.17, 15) is 9.59 Å². The van der Waals surface area contributed by atoms with E-state index in [4.69, 9.17) is 5.73 Å². The molecule has 12 heavy (non-hydrogen) atoms. The number of hydrogen-bond acceptors (Lipinski definition) is 2. The second kappa shape index (κ2) is 3.56. The van der Waals surface area contributed by atoms with E-state index in [0.29, 0.717) is 0 Å². The van der Waals surface area contributed by atoms with Crippen molar-refractivity contribution in [3.05, 3.63) is 0 Å². The average molecular weight is 170 g/mol. The third-order valence-corrected chi connectivity index (χ3v) is 2.27. The number of nitrogens with two attached hydrogens (primary N) is 1. The molecule has 2 amide bonds. The van der Waals surface area contributed by atoms with E-state index >= 15 is 0 Å². The first-order valence-corrected chi connectivity index (χ1v) is 4.17. The van der Waals surface area contributed by atoms with Gasteiger partial charge in [-0.15, -0.1) is 0 Å². The van der Waals surface area contributed by atoms with Gasteiger partial charge in [-0.25, -0.2) is 0 Å². The first-order chi connectivity index (χ1) is 5.61. The lowest BCUT2D eigenvalue weighted by molar-refractivity contribution is -0.123. The number of hydrogen-bond donors (Lipinski definition) is 2. The maximum atomic E-state index is 10.9. The van der Waals surface area contributed by atoms with Crippen LogP contribution < -0.4 is 11.1 Å². The summed E-state index contributed by atoms with van der Waals surface area (Å²) in [5, 5.41) is 2.73. The van der Waals surface area contributed by atoms with E-state index in [1.54, 1.807) is 0 Å². The van der Waals surface area contributed by atoms with Gasteiger partial charge in [0.05, 0.1) is 5.92 Å². The summed E-state index contributed by atoms with van der Waals surface area (Å²) in [6, 6.07) is -0.0278. The number of amides is 2. The smallest absolute Gasteiger partial charge is 0.222 e. The minimum atomic E-state index is -0.300. The summed E-state index contributed by atoms with van der Waals surface area (Å²) < 4.78 is 0. The van der Waals surface area contributed by atoms with Gasteiger partial charge in [0.25, 0.3) is 0 Å². The largest absolute Gasteiger partial charge is 0.369 e.